The molecule has 0 N–H and O–H groups in total. The van der Waals surface area contributed by atoms with Gasteiger partial charge in [-0.3, -0.25) is 14.7 Å². The summed E-state index contributed by atoms with van der Waals surface area (Å²) in [5.41, 5.74) is 4.24. The summed E-state index contributed by atoms with van der Waals surface area (Å²) in [5.74, 6) is -0.285. The molecular formula is C28H32N4O5S2. The van der Waals surface area contributed by atoms with Crippen LogP contribution < -0.4 is 4.90 Å². The van der Waals surface area contributed by atoms with Gasteiger partial charge in [-0.25, -0.2) is 13.4 Å². The zero-order valence-corrected chi connectivity index (χ0v) is 24.1. The molecule has 0 radical (unpaired) electrons. The van der Waals surface area contributed by atoms with E-state index in [-0.39, 0.29) is 43.7 Å². The molecular weight excluding hydrogens is 536 g/mol. The van der Waals surface area contributed by atoms with Gasteiger partial charge in [0, 0.05) is 45.3 Å². The third-order valence-electron chi connectivity index (χ3n) is 6.18. The minimum atomic E-state index is -3.81. The van der Waals surface area contributed by atoms with Crippen molar-refractivity contribution >= 4 is 42.6 Å². The highest BCUT2D eigenvalue weighted by Gasteiger charge is 2.26. The van der Waals surface area contributed by atoms with E-state index in [0.29, 0.717) is 10.7 Å². The summed E-state index contributed by atoms with van der Waals surface area (Å²) in [6.07, 6.45) is 3.40. The molecule has 0 aliphatic carbocycles. The second-order valence-electron chi connectivity index (χ2n) is 9.09. The van der Waals surface area contributed by atoms with Gasteiger partial charge < -0.3 is 9.47 Å². The highest BCUT2D eigenvalue weighted by atomic mass is 32.2. The van der Waals surface area contributed by atoms with Crippen LogP contribution in [0.4, 0.5) is 5.13 Å². The van der Waals surface area contributed by atoms with Crippen LogP contribution in [0.2, 0.25) is 0 Å². The molecule has 0 fully saturated rings. The SMILES string of the molecule is COCCN(CCOC)S(=O)(=O)c1ccc(C(=O)N(Cc2cccnc2)c2nc3cc(C)cc(C)c3s2)cc1. The van der Waals surface area contributed by atoms with Gasteiger partial charge in [0.15, 0.2) is 5.13 Å². The first kappa shape index (κ1) is 28.8. The fourth-order valence-electron chi connectivity index (χ4n) is 4.19. The van der Waals surface area contributed by atoms with Gasteiger partial charge in [0.1, 0.15) is 0 Å². The molecule has 2 heterocycles. The molecule has 2 aromatic carbocycles. The Morgan fingerprint density at radius 3 is 2.31 bits per heavy atom. The number of aryl methyl sites for hydroxylation is 2. The number of ether oxygens (including phenoxy) is 2. The summed E-state index contributed by atoms with van der Waals surface area (Å²) >= 11 is 1.46. The third-order valence-corrected chi connectivity index (χ3v) is 9.32. The molecule has 0 spiro atoms. The maximum Gasteiger partial charge on any atom is 0.260 e. The Morgan fingerprint density at radius 2 is 1.69 bits per heavy atom. The molecule has 39 heavy (non-hydrogen) atoms. The highest BCUT2D eigenvalue weighted by Crippen LogP contribution is 2.33. The van der Waals surface area contributed by atoms with Crippen molar-refractivity contribution in [3.05, 3.63) is 83.2 Å². The number of rotatable bonds is 12. The van der Waals surface area contributed by atoms with Crippen LogP contribution >= 0.6 is 11.3 Å². The van der Waals surface area contributed by atoms with Crippen molar-refractivity contribution < 1.29 is 22.7 Å². The van der Waals surface area contributed by atoms with Gasteiger partial charge in [0.25, 0.3) is 5.91 Å². The monoisotopic (exact) mass is 568 g/mol. The molecule has 2 aromatic heterocycles. The van der Waals surface area contributed by atoms with E-state index in [2.05, 4.69) is 11.1 Å². The van der Waals surface area contributed by atoms with Gasteiger partial charge in [-0.15, -0.1) is 0 Å². The predicted octanol–water partition coefficient (Wildman–Crippen LogP) is 4.44. The summed E-state index contributed by atoms with van der Waals surface area (Å²) < 4.78 is 39.1. The second kappa shape index (κ2) is 12.8. The number of sulfonamides is 1. The van der Waals surface area contributed by atoms with Crippen LogP contribution in [-0.2, 0) is 26.0 Å². The van der Waals surface area contributed by atoms with Gasteiger partial charge in [0.2, 0.25) is 10.0 Å². The van der Waals surface area contributed by atoms with Crippen molar-refractivity contribution in [2.45, 2.75) is 25.3 Å². The smallest absolute Gasteiger partial charge is 0.260 e. The first-order valence-electron chi connectivity index (χ1n) is 12.4. The van der Waals surface area contributed by atoms with Gasteiger partial charge in [-0.05, 0) is 66.9 Å². The van der Waals surface area contributed by atoms with E-state index in [1.165, 1.54) is 42.0 Å². The molecule has 0 saturated carbocycles. The summed E-state index contributed by atoms with van der Waals surface area (Å²) in [6, 6.07) is 13.8. The molecule has 1 amide bonds. The van der Waals surface area contributed by atoms with Crippen LogP contribution in [0.3, 0.4) is 0 Å². The number of nitrogens with zero attached hydrogens (tertiary/aromatic N) is 4. The van der Waals surface area contributed by atoms with E-state index in [1.807, 2.05) is 32.0 Å². The van der Waals surface area contributed by atoms with Crippen LogP contribution in [0.5, 0.6) is 0 Å². The molecule has 0 atom stereocenters. The quantitative estimate of drug-likeness (QED) is 0.249. The standard InChI is InChI=1S/C28H32N4O5S2/c1-20-16-21(2)26-25(17-20)30-28(38-26)32(19-22-6-5-11-29-18-22)27(33)23-7-9-24(10-8-23)39(34,35)31(12-14-36-3)13-15-37-4/h5-11,16-18H,12-15,19H2,1-4H3. The van der Waals surface area contributed by atoms with Crippen molar-refractivity contribution in [1.82, 2.24) is 14.3 Å². The number of hydrogen-bond donors (Lipinski definition) is 0. The minimum absolute atomic E-state index is 0.0937. The summed E-state index contributed by atoms with van der Waals surface area (Å²) in [5, 5.41) is 0.564. The zero-order valence-electron chi connectivity index (χ0n) is 22.5. The third kappa shape index (κ3) is 6.68. The number of anilines is 1. The molecule has 0 bridgehead atoms. The van der Waals surface area contributed by atoms with Crippen molar-refractivity contribution in [2.24, 2.45) is 0 Å². The Bertz CT molecular complexity index is 1520. The number of amides is 1. The molecule has 206 valence electrons. The number of benzene rings is 2. The largest absolute Gasteiger partial charge is 0.383 e. The summed E-state index contributed by atoms with van der Waals surface area (Å²) in [6.45, 7) is 5.22. The molecule has 0 unspecified atom stereocenters. The molecule has 9 nitrogen and oxygen atoms in total. The molecule has 4 rings (SSSR count). The molecule has 4 aromatic rings. The van der Waals surface area contributed by atoms with Crippen molar-refractivity contribution in [1.29, 1.82) is 0 Å². The van der Waals surface area contributed by atoms with Crippen LogP contribution in [0.15, 0.2) is 65.8 Å². The van der Waals surface area contributed by atoms with E-state index in [0.717, 1.165) is 26.9 Å². The van der Waals surface area contributed by atoms with Gasteiger partial charge in [0.05, 0.1) is 34.9 Å². The number of fused-ring (bicyclic) bond motifs is 1. The van der Waals surface area contributed by atoms with Crippen molar-refractivity contribution in [3.63, 3.8) is 0 Å². The topological polar surface area (TPSA) is 102 Å². The first-order chi connectivity index (χ1) is 18.7. The lowest BCUT2D eigenvalue weighted by Gasteiger charge is -2.22. The molecule has 0 aliphatic heterocycles. The van der Waals surface area contributed by atoms with E-state index in [4.69, 9.17) is 14.5 Å². The first-order valence-corrected chi connectivity index (χ1v) is 14.7. The Kier molecular flexibility index (Phi) is 9.41. The molecule has 11 heteroatoms. The normalized spacial score (nSPS) is 11.8. The molecule has 0 aliphatic rings. The van der Waals surface area contributed by atoms with E-state index in [9.17, 15) is 13.2 Å². The van der Waals surface area contributed by atoms with E-state index >= 15 is 0 Å². The predicted molar refractivity (Wildman–Crippen MR) is 153 cm³/mol. The number of hydrogen-bond acceptors (Lipinski definition) is 8. The maximum absolute atomic E-state index is 13.8. The average molecular weight is 569 g/mol. The fourth-order valence-corrected chi connectivity index (χ4v) is 6.61. The van der Waals surface area contributed by atoms with Crippen LogP contribution in [0.1, 0.15) is 27.0 Å². The Hall–Kier alpha value is -3.22. The minimum Gasteiger partial charge on any atom is -0.383 e. The Morgan fingerprint density at radius 1 is 1.00 bits per heavy atom. The number of carbonyl (C=O) groups is 1. The number of pyridine rings is 1. The highest BCUT2D eigenvalue weighted by molar-refractivity contribution is 7.89. The van der Waals surface area contributed by atoms with Crippen LogP contribution in [-0.4, -0.2) is 69.1 Å². The maximum atomic E-state index is 13.8. The lowest BCUT2D eigenvalue weighted by atomic mass is 10.1. The zero-order chi connectivity index (χ0) is 28.0. The average Bonchev–Trinajstić information content (AvgIpc) is 3.36. The van der Waals surface area contributed by atoms with Crippen molar-refractivity contribution in [2.75, 3.05) is 45.4 Å². The van der Waals surface area contributed by atoms with Crippen LogP contribution in [0, 0.1) is 13.8 Å². The van der Waals surface area contributed by atoms with E-state index in [1.54, 1.807) is 29.4 Å². The van der Waals surface area contributed by atoms with E-state index < -0.39 is 10.0 Å². The summed E-state index contributed by atoms with van der Waals surface area (Å²) in [4.78, 5) is 24.5. The second-order valence-corrected chi connectivity index (χ2v) is 12.0. The summed E-state index contributed by atoms with van der Waals surface area (Å²) in [7, 11) is -0.764. The van der Waals surface area contributed by atoms with Gasteiger partial charge in [-0.2, -0.15) is 4.31 Å². The fraction of sp³-hybridized carbons (Fsp3) is 0.321. The van der Waals surface area contributed by atoms with Gasteiger partial charge in [-0.1, -0.05) is 23.5 Å². The lowest BCUT2D eigenvalue weighted by molar-refractivity contribution is 0.0985. The number of thiazole rings is 1. The number of methoxy groups -OCH3 is 2. The number of aromatic nitrogens is 2. The number of carbonyl (C=O) groups excluding carboxylic acids is 1. The molecule has 0 saturated heterocycles. The lowest BCUT2D eigenvalue weighted by Crippen LogP contribution is -2.36. The Balaban J connectivity index is 1.67. The Labute approximate surface area is 233 Å². The van der Waals surface area contributed by atoms with Gasteiger partial charge >= 0.3 is 0 Å². The van der Waals surface area contributed by atoms with Crippen LogP contribution in [0.25, 0.3) is 10.2 Å². The van der Waals surface area contributed by atoms with Crippen molar-refractivity contribution in [3.8, 4) is 0 Å².